The van der Waals surface area contributed by atoms with E-state index in [1.54, 1.807) is 6.07 Å². The summed E-state index contributed by atoms with van der Waals surface area (Å²) in [7, 11) is 2.07. The van der Waals surface area contributed by atoms with E-state index < -0.39 is 0 Å². The van der Waals surface area contributed by atoms with Crippen LogP contribution in [-0.4, -0.2) is 35.8 Å². The lowest BCUT2D eigenvalue weighted by Crippen LogP contribution is -2.21. The maximum absolute atomic E-state index is 11.6. The second-order valence-electron chi connectivity index (χ2n) is 4.38. The van der Waals surface area contributed by atoms with Gasteiger partial charge in [-0.2, -0.15) is 0 Å². The zero-order valence-corrected chi connectivity index (χ0v) is 9.67. The highest BCUT2D eigenvalue weighted by Gasteiger charge is 2.15. The fraction of sp³-hybridized carbons (Fsp3) is 0.500. The maximum Gasteiger partial charge on any atom is 0.259 e. The van der Waals surface area contributed by atoms with E-state index in [1.165, 1.54) is 6.92 Å². The summed E-state index contributed by atoms with van der Waals surface area (Å²) in [6.07, 6.45) is 1.74. The third-order valence-corrected chi connectivity index (χ3v) is 3.10. The van der Waals surface area contributed by atoms with E-state index in [0.29, 0.717) is 0 Å². The van der Waals surface area contributed by atoms with Crippen LogP contribution >= 0.6 is 0 Å². The van der Waals surface area contributed by atoms with Gasteiger partial charge < -0.3 is 9.88 Å². The van der Waals surface area contributed by atoms with Gasteiger partial charge in [-0.3, -0.25) is 9.59 Å². The predicted molar refractivity (Wildman–Crippen MR) is 62.0 cm³/mol. The van der Waals surface area contributed by atoms with Gasteiger partial charge in [0.05, 0.1) is 5.56 Å². The topological polar surface area (TPSA) is 53.2 Å². The number of Topliss-reactive ketones (excluding diaryl/α,β-unsaturated/α-hetero) is 1. The molecule has 2 heterocycles. The SMILES string of the molecule is CC(=O)c1cc2c([nH]c1=O)CCN(C)CC2. The number of nitrogens with one attached hydrogen (secondary N) is 1. The van der Waals surface area contributed by atoms with Crippen LogP contribution in [0.2, 0.25) is 0 Å². The van der Waals surface area contributed by atoms with Gasteiger partial charge in [-0.05, 0) is 32.0 Å². The molecule has 1 aliphatic rings. The van der Waals surface area contributed by atoms with Crippen molar-refractivity contribution in [2.45, 2.75) is 19.8 Å². The highest BCUT2D eigenvalue weighted by molar-refractivity contribution is 5.93. The molecule has 0 atom stereocenters. The molecule has 0 fully saturated rings. The molecule has 86 valence electrons. The number of H-pyrrole nitrogens is 1. The monoisotopic (exact) mass is 220 g/mol. The second kappa shape index (κ2) is 4.22. The van der Waals surface area contributed by atoms with E-state index in [9.17, 15) is 9.59 Å². The van der Waals surface area contributed by atoms with Gasteiger partial charge in [0, 0.05) is 25.2 Å². The van der Waals surface area contributed by atoms with Crippen LogP contribution in [0.3, 0.4) is 0 Å². The van der Waals surface area contributed by atoms with E-state index in [0.717, 1.165) is 37.2 Å². The van der Waals surface area contributed by atoms with Gasteiger partial charge in [0.25, 0.3) is 5.56 Å². The lowest BCUT2D eigenvalue weighted by Gasteiger charge is -2.10. The first-order valence-electron chi connectivity index (χ1n) is 5.52. The Morgan fingerprint density at radius 2 is 2.06 bits per heavy atom. The summed E-state index contributed by atoms with van der Waals surface area (Å²) in [4.78, 5) is 28.0. The van der Waals surface area contributed by atoms with Crippen molar-refractivity contribution in [3.05, 3.63) is 33.2 Å². The van der Waals surface area contributed by atoms with Crippen molar-refractivity contribution in [1.29, 1.82) is 0 Å². The Morgan fingerprint density at radius 1 is 1.38 bits per heavy atom. The molecule has 0 aliphatic carbocycles. The lowest BCUT2D eigenvalue weighted by atomic mass is 10.0. The highest BCUT2D eigenvalue weighted by atomic mass is 16.1. The third-order valence-electron chi connectivity index (χ3n) is 3.10. The Kier molecular flexibility index (Phi) is 2.92. The van der Waals surface area contributed by atoms with Crippen LogP contribution in [0.15, 0.2) is 10.9 Å². The lowest BCUT2D eigenvalue weighted by molar-refractivity contribution is 0.101. The minimum Gasteiger partial charge on any atom is -0.325 e. The summed E-state index contributed by atoms with van der Waals surface area (Å²) in [6.45, 7) is 3.35. The molecular formula is C12H16N2O2. The van der Waals surface area contributed by atoms with E-state index in [4.69, 9.17) is 0 Å². The summed E-state index contributed by atoms with van der Waals surface area (Å²) in [5.74, 6) is -0.165. The van der Waals surface area contributed by atoms with Gasteiger partial charge in [0.15, 0.2) is 5.78 Å². The number of ketones is 1. The Hall–Kier alpha value is -1.42. The van der Waals surface area contributed by atoms with Crippen molar-refractivity contribution in [1.82, 2.24) is 9.88 Å². The van der Waals surface area contributed by atoms with Gasteiger partial charge >= 0.3 is 0 Å². The Labute approximate surface area is 94.3 Å². The zero-order chi connectivity index (χ0) is 11.7. The van der Waals surface area contributed by atoms with Crippen LogP contribution < -0.4 is 5.56 Å². The molecule has 4 nitrogen and oxygen atoms in total. The van der Waals surface area contributed by atoms with E-state index in [-0.39, 0.29) is 16.9 Å². The molecule has 0 saturated heterocycles. The molecule has 0 spiro atoms. The standard InChI is InChI=1S/C12H16N2O2/c1-8(15)10-7-9-3-5-14(2)6-4-11(9)13-12(10)16/h7H,3-6H2,1-2H3,(H,13,16). The van der Waals surface area contributed by atoms with Crippen LogP contribution in [0, 0.1) is 0 Å². The van der Waals surface area contributed by atoms with Gasteiger partial charge in [0.2, 0.25) is 0 Å². The molecular weight excluding hydrogens is 204 g/mol. The van der Waals surface area contributed by atoms with Crippen LogP contribution in [0.25, 0.3) is 0 Å². The minimum absolute atomic E-state index is 0.165. The largest absolute Gasteiger partial charge is 0.325 e. The number of fused-ring (bicyclic) bond motifs is 1. The molecule has 16 heavy (non-hydrogen) atoms. The van der Waals surface area contributed by atoms with Crippen molar-refractivity contribution in [2.75, 3.05) is 20.1 Å². The summed E-state index contributed by atoms with van der Waals surface area (Å²) < 4.78 is 0. The summed E-state index contributed by atoms with van der Waals surface area (Å²) in [5.41, 5.74) is 2.12. The number of nitrogens with zero attached hydrogens (tertiary/aromatic N) is 1. The molecule has 0 unspecified atom stereocenters. The molecule has 0 aromatic carbocycles. The number of likely N-dealkylation sites (N-methyl/N-ethyl adjacent to an activating group) is 1. The van der Waals surface area contributed by atoms with Gasteiger partial charge in [-0.1, -0.05) is 0 Å². The molecule has 1 N–H and O–H groups in total. The van der Waals surface area contributed by atoms with Crippen LogP contribution in [0.5, 0.6) is 0 Å². The fourth-order valence-corrected chi connectivity index (χ4v) is 2.04. The normalized spacial score (nSPS) is 16.6. The fourth-order valence-electron chi connectivity index (χ4n) is 2.04. The summed E-state index contributed by atoms with van der Waals surface area (Å²) >= 11 is 0. The number of aromatic amines is 1. The molecule has 0 amide bonds. The smallest absolute Gasteiger partial charge is 0.259 e. The first-order valence-corrected chi connectivity index (χ1v) is 5.52. The minimum atomic E-state index is -0.254. The molecule has 1 aliphatic heterocycles. The van der Waals surface area contributed by atoms with Crippen LogP contribution in [0.1, 0.15) is 28.5 Å². The Bertz CT molecular complexity index is 476. The van der Waals surface area contributed by atoms with Crippen molar-refractivity contribution in [2.24, 2.45) is 0 Å². The first kappa shape index (κ1) is 11.1. The molecule has 2 rings (SSSR count). The van der Waals surface area contributed by atoms with Crippen molar-refractivity contribution in [3.8, 4) is 0 Å². The van der Waals surface area contributed by atoms with Crippen LogP contribution in [-0.2, 0) is 12.8 Å². The third kappa shape index (κ3) is 2.07. The van der Waals surface area contributed by atoms with Crippen molar-refractivity contribution < 1.29 is 4.79 Å². The number of aromatic nitrogens is 1. The number of rotatable bonds is 1. The highest BCUT2D eigenvalue weighted by Crippen LogP contribution is 2.12. The summed E-state index contributed by atoms with van der Waals surface area (Å²) in [5, 5.41) is 0. The van der Waals surface area contributed by atoms with Gasteiger partial charge in [-0.25, -0.2) is 0 Å². The Morgan fingerprint density at radius 3 is 2.75 bits per heavy atom. The van der Waals surface area contributed by atoms with E-state index in [2.05, 4.69) is 16.9 Å². The van der Waals surface area contributed by atoms with Crippen molar-refractivity contribution >= 4 is 5.78 Å². The molecule has 1 aromatic rings. The molecule has 1 aromatic heterocycles. The number of hydrogen-bond donors (Lipinski definition) is 1. The maximum atomic E-state index is 11.6. The number of pyridine rings is 1. The molecule has 0 saturated carbocycles. The molecule has 0 bridgehead atoms. The number of carbonyl (C=O) groups excluding carboxylic acids is 1. The molecule has 4 heteroatoms. The average molecular weight is 220 g/mol. The second-order valence-corrected chi connectivity index (χ2v) is 4.38. The van der Waals surface area contributed by atoms with Crippen molar-refractivity contribution in [3.63, 3.8) is 0 Å². The van der Waals surface area contributed by atoms with Crippen LogP contribution in [0.4, 0.5) is 0 Å². The Balaban J connectivity index is 2.46. The zero-order valence-electron chi connectivity index (χ0n) is 9.67. The predicted octanol–water partition coefficient (Wildman–Crippen LogP) is 0.608. The summed E-state index contributed by atoms with van der Waals surface area (Å²) in [6, 6.07) is 1.76. The van der Waals surface area contributed by atoms with Gasteiger partial charge in [0.1, 0.15) is 0 Å². The quantitative estimate of drug-likeness (QED) is 0.705. The average Bonchev–Trinajstić information content (AvgIpc) is 2.40. The first-order chi connectivity index (χ1) is 7.58. The van der Waals surface area contributed by atoms with Gasteiger partial charge in [-0.15, -0.1) is 0 Å². The number of hydrogen-bond acceptors (Lipinski definition) is 3. The van der Waals surface area contributed by atoms with E-state index in [1.807, 2.05) is 0 Å². The number of carbonyl (C=O) groups is 1. The molecule has 0 radical (unpaired) electrons. The van der Waals surface area contributed by atoms with E-state index >= 15 is 0 Å².